The Labute approximate surface area is 231 Å². The molecule has 204 valence electrons. The van der Waals surface area contributed by atoms with Crippen LogP contribution < -0.4 is 0 Å². The first kappa shape index (κ1) is 27.0. The first-order chi connectivity index (χ1) is 18.7. The number of hydrogen-bond acceptors (Lipinski definition) is 7. The van der Waals surface area contributed by atoms with E-state index in [0.717, 1.165) is 21.7 Å². The summed E-state index contributed by atoms with van der Waals surface area (Å²) in [5.74, 6) is -0.734. The number of Topliss-reactive ketones (excluding diaryl/α,β-unsaturated/α-hetero) is 1. The number of aromatic hydroxyl groups is 1. The Hall–Kier alpha value is -3.56. The summed E-state index contributed by atoms with van der Waals surface area (Å²) in [6.45, 7) is 6.10. The van der Waals surface area contributed by atoms with Crippen LogP contribution in [0, 0.1) is 12.8 Å². The molecular weight excluding hydrogens is 514 g/mol. The number of phenolic OH excluding ortho intramolecular Hbond substituents is 1. The first-order valence-electron chi connectivity index (χ1n) is 13.3. The van der Waals surface area contributed by atoms with Crippen LogP contribution >= 0.6 is 11.3 Å². The van der Waals surface area contributed by atoms with Crippen molar-refractivity contribution in [3.63, 3.8) is 0 Å². The van der Waals surface area contributed by atoms with Gasteiger partial charge in [-0.15, -0.1) is 11.3 Å². The molecule has 3 atom stereocenters. The lowest BCUT2D eigenvalue weighted by atomic mass is 9.97. The number of aromatic nitrogens is 1. The number of aliphatic hydroxyl groups excluding tert-OH is 1. The van der Waals surface area contributed by atoms with Crippen LogP contribution in [-0.4, -0.2) is 67.3 Å². The maximum Gasteiger partial charge on any atom is 0.255 e. The van der Waals surface area contributed by atoms with Gasteiger partial charge >= 0.3 is 0 Å². The van der Waals surface area contributed by atoms with Gasteiger partial charge in [-0.2, -0.15) is 0 Å². The smallest absolute Gasteiger partial charge is 0.255 e. The molecule has 1 fully saturated rings. The van der Waals surface area contributed by atoms with Crippen molar-refractivity contribution in [3.8, 4) is 16.2 Å². The number of rotatable bonds is 8. The summed E-state index contributed by atoms with van der Waals surface area (Å²) in [5, 5.41) is 21.1. The number of hydrogen-bond donors (Lipinski definition) is 2. The summed E-state index contributed by atoms with van der Waals surface area (Å²) < 4.78 is 0. The number of nitrogens with zero attached hydrogens (tertiary/aromatic N) is 3. The van der Waals surface area contributed by atoms with Crippen molar-refractivity contribution in [2.24, 2.45) is 5.92 Å². The zero-order chi connectivity index (χ0) is 27.8. The lowest BCUT2D eigenvalue weighted by molar-refractivity contribution is -0.142. The molecule has 39 heavy (non-hydrogen) atoms. The normalized spacial score (nSPS) is 19.6. The van der Waals surface area contributed by atoms with E-state index in [0.29, 0.717) is 24.1 Å². The Morgan fingerprint density at radius 1 is 1.18 bits per heavy atom. The first-order valence-corrected chi connectivity index (χ1v) is 14.2. The van der Waals surface area contributed by atoms with Gasteiger partial charge in [-0.05, 0) is 48.1 Å². The number of thiazole rings is 1. The van der Waals surface area contributed by atoms with Gasteiger partial charge in [-0.25, -0.2) is 4.98 Å². The fraction of sp³-hybridized carbons (Fsp3) is 0.400. The zero-order valence-corrected chi connectivity index (χ0v) is 23.1. The number of benzene rings is 2. The fourth-order valence-corrected chi connectivity index (χ4v) is 6.53. The number of carbonyl (C=O) groups excluding carboxylic acids is 3. The van der Waals surface area contributed by atoms with E-state index in [1.54, 1.807) is 22.5 Å². The summed E-state index contributed by atoms with van der Waals surface area (Å²) in [5.41, 5.74) is 5.65. The van der Waals surface area contributed by atoms with Crippen molar-refractivity contribution in [3.05, 3.63) is 70.4 Å². The van der Waals surface area contributed by atoms with E-state index in [9.17, 15) is 24.6 Å². The highest BCUT2D eigenvalue weighted by Crippen LogP contribution is 2.33. The van der Waals surface area contributed by atoms with E-state index in [1.165, 1.54) is 16.2 Å². The minimum atomic E-state index is -0.808. The monoisotopic (exact) mass is 547 g/mol. The summed E-state index contributed by atoms with van der Waals surface area (Å²) in [6.07, 6.45) is -0.209. The van der Waals surface area contributed by atoms with E-state index in [2.05, 4.69) is 4.98 Å². The summed E-state index contributed by atoms with van der Waals surface area (Å²) in [6, 6.07) is 11.2. The van der Waals surface area contributed by atoms with Crippen LogP contribution in [0.2, 0.25) is 0 Å². The van der Waals surface area contributed by atoms with Crippen LogP contribution in [0.1, 0.15) is 53.9 Å². The molecule has 8 nitrogen and oxygen atoms in total. The second-order valence-corrected chi connectivity index (χ2v) is 11.6. The fourth-order valence-electron chi connectivity index (χ4n) is 5.73. The van der Waals surface area contributed by atoms with E-state index in [-0.39, 0.29) is 48.7 Å². The third-order valence-electron chi connectivity index (χ3n) is 7.74. The van der Waals surface area contributed by atoms with E-state index in [4.69, 9.17) is 0 Å². The highest BCUT2D eigenvalue weighted by molar-refractivity contribution is 7.13. The molecule has 2 N–H and O–H groups in total. The lowest BCUT2D eigenvalue weighted by Gasteiger charge is -2.35. The minimum absolute atomic E-state index is 0.0571. The van der Waals surface area contributed by atoms with Gasteiger partial charge < -0.3 is 20.0 Å². The van der Waals surface area contributed by atoms with Crippen LogP contribution in [0.5, 0.6) is 5.75 Å². The predicted octanol–water partition coefficient (Wildman–Crippen LogP) is 3.97. The maximum absolute atomic E-state index is 13.9. The topological polar surface area (TPSA) is 111 Å². The standard InChI is InChI=1S/C30H33N3O5S/c1-17(2)27(33-14-21-6-4-5-7-23(21)29(33)37)30(38)32-15-22(34)13-24(32)25(35)11-10-19-8-9-20(12-26(19)36)28-18(3)31-16-39-28/h4-9,12,16-17,22,24,27,34,36H,10-11,13-15H2,1-3H3/t22-,24+,27?/m1/s1. The highest BCUT2D eigenvalue weighted by atomic mass is 32.1. The van der Waals surface area contributed by atoms with Crippen LogP contribution in [0.15, 0.2) is 48.0 Å². The van der Waals surface area contributed by atoms with Gasteiger partial charge in [0.15, 0.2) is 5.78 Å². The summed E-state index contributed by atoms with van der Waals surface area (Å²) >= 11 is 1.50. The molecule has 3 heterocycles. The molecule has 3 aromatic rings. The van der Waals surface area contributed by atoms with E-state index in [1.807, 2.05) is 51.1 Å². The Kier molecular flexibility index (Phi) is 7.55. The van der Waals surface area contributed by atoms with Crippen molar-refractivity contribution >= 4 is 28.9 Å². The van der Waals surface area contributed by atoms with Crippen LogP contribution in [0.4, 0.5) is 0 Å². The number of phenols is 1. The number of ketones is 1. The van der Waals surface area contributed by atoms with Gasteiger partial charge in [0.25, 0.3) is 5.91 Å². The molecule has 0 spiro atoms. The number of β-amino-alcohol motifs (C(OH)–C–C–N with tert-alkyl or cyclic N) is 1. The van der Waals surface area contributed by atoms with Crippen molar-refractivity contribution in [1.29, 1.82) is 0 Å². The number of carbonyl (C=O) groups is 3. The third kappa shape index (κ3) is 5.21. The largest absolute Gasteiger partial charge is 0.508 e. The molecule has 2 aliphatic heterocycles. The highest BCUT2D eigenvalue weighted by Gasteiger charge is 2.45. The van der Waals surface area contributed by atoms with E-state index < -0.39 is 18.2 Å². The van der Waals surface area contributed by atoms with Crippen molar-refractivity contribution in [1.82, 2.24) is 14.8 Å². The molecule has 1 saturated heterocycles. The SMILES string of the molecule is Cc1ncsc1-c1ccc(CCC(=O)[C@@H]2C[C@@H](O)CN2C(=O)C(C(C)C)N2Cc3ccccc3C2=O)c(O)c1. The second kappa shape index (κ2) is 10.9. The van der Waals surface area contributed by atoms with Gasteiger partial charge in [-0.3, -0.25) is 14.4 Å². The number of aryl methyl sites for hydroxylation is 2. The number of likely N-dealkylation sites (tertiary alicyclic amines) is 1. The Morgan fingerprint density at radius 2 is 1.95 bits per heavy atom. The van der Waals surface area contributed by atoms with Crippen molar-refractivity contribution < 1.29 is 24.6 Å². The molecule has 0 aliphatic carbocycles. The third-order valence-corrected chi connectivity index (χ3v) is 8.71. The van der Waals surface area contributed by atoms with Gasteiger partial charge in [0.1, 0.15) is 11.8 Å². The van der Waals surface area contributed by atoms with Crippen LogP contribution in [0.3, 0.4) is 0 Å². The molecule has 1 unspecified atom stereocenters. The molecule has 2 amide bonds. The molecule has 0 radical (unpaired) electrons. The van der Waals surface area contributed by atoms with Crippen LogP contribution in [0.25, 0.3) is 10.4 Å². The van der Waals surface area contributed by atoms with Gasteiger partial charge in [0.2, 0.25) is 5.91 Å². The van der Waals surface area contributed by atoms with Crippen molar-refractivity contribution in [2.45, 2.75) is 64.8 Å². The average Bonchev–Trinajstić information content (AvgIpc) is 3.60. The molecule has 5 rings (SSSR count). The predicted molar refractivity (Wildman–Crippen MR) is 148 cm³/mol. The molecule has 2 aromatic carbocycles. The lowest BCUT2D eigenvalue weighted by Crippen LogP contribution is -2.54. The van der Waals surface area contributed by atoms with Crippen LogP contribution in [-0.2, 0) is 22.6 Å². The Balaban J connectivity index is 1.29. The van der Waals surface area contributed by atoms with Crippen molar-refractivity contribution in [2.75, 3.05) is 6.54 Å². The summed E-state index contributed by atoms with van der Waals surface area (Å²) in [4.78, 5) is 48.7. The molecule has 0 bridgehead atoms. The molecule has 9 heteroatoms. The summed E-state index contributed by atoms with van der Waals surface area (Å²) in [7, 11) is 0. The molecule has 1 aromatic heterocycles. The number of aliphatic hydroxyl groups is 1. The molecule has 2 aliphatic rings. The second-order valence-electron chi connectivity index (χ2n) is 10.8. The average molecular weight is 548 g/mol. The van der Waals surface area contributed by atoms with Gasteiger partial charge in [-0.1, -0.05) is 44.2 Å². The van der Waals surface area contributed by atoms with Gasteiger partial charge in [0, 0.05) is 31.5 Å². The quantitative estimate of drug-likeness (QED) is 0.442. The zero-order valence-electron chi connectivity index (χ0n) is 22.3. The number of fused-ring (bicyclic) bond motifs is 1. The van der Waals surface area contributed by atoms with Gasteiger partial charge in [0.05, 0.1) is 28.2 Å². The molecule has 0 saturated carbocycles. The molecular formula is C30H33N3O5S. The minimum Gasteiger partial charge on any atom is -0.508 e. The Morgan fingerprint density at radius 3 is 2.62 bits per heavy atom. The number of amides is 2. The maximum atomic E-state index is 13.9. The van der Waals surface area contributed by atoms with E-state index >= 15 is 0 Å². The Bertz CT molecular complexity index is 1420.